The van der Waals surface area contributed by atoms with Crippen molar-refractivity contribution in [3.05, 3.63) is 17.8 Å². The zero-order chi connectivity index (χ0) is 13.8. The van der Waals surface area contributed by atoms with Gasteiger partial charge in [0.05, 0.1) is 6.04 Å². The molecule has 2 rings (SSSR count). The Labute approximate surface area is 110 Å². The van der Waals surface area contributed by atoms with Gasteiger partial charge in [0.1, 0.15) is 12.3 Å². The van der Waals surface area contributed by atoms with E-state index in [9.17, 15) is 9.59 Å². The molecule has 104 valence electrons. The molecule has 1 aliphatic heterocycles. The minimum Gasteiger partial charge on any atom is -0.446 e. The van der Waals surface area contributed by atoms with Crippen molar-refractivity contribution in [3.63, 3.8) is 0 Å². The van der Waals surface area contributed by atoms with Crippen molar-refractivity contribution in [1.82, 2.24) is 15.6 Å². The topological polar surface area (TPSA) is 110 Å². The fraction of sp³-hybridized carbons (Fsp3) is 0.583. The van der Waals surface area contributed by atoms with Crippen LogP contribution in [0.4, 0.5) is 0 Å². The average molecular weight is 266 g/mol. The largest absolute Gasteiger partial charge is 0.446 e. The van der Waals surface area contributed by atoms with Gasteiger partial charge in [-0.1, -0.05) is 0 Å². The second kappa shape index (κ2) is 5.83. The Morgan fingerprint density at radius 2 is 2.42 bits per heavy atom. The Morgan fingerprint density at radius 3 is 3.11 bits per heavy atom. The van der Waals surface area contributed by atoms with Crippen molar-refractivity contribution in [3.8, 4) is 0 Å². The molecule has 2 unspecified atom stereocenters. The maximum atomic E-state index is 12.0. The molecule has 4 N–H and O–H groups in total. The third kappa shape index (κ3) is 3.31. The first-order valence-corrected chi connectivity index (χ1v) is 6.37. The number of rotatable bonds is 3. The molecule has 0 aromatic carbocycles. The lowest BCUT2D eigenvalue weighted by molar-refractivity contribution is -0.122. The third-order valence-corrected chi connectivity index (χ3v) is 2.98. The van der Waals surface area contributed by atoms with E-state index in [-0.39, 0.29) is 17.6 Å². The van der Waals surface area contributed by atoms with Crippen molar-refractivity contribution in [2.75, 3.05) is 6.54 Å². The van der Waals surface area contributed by atoms with E-state index in [2.05, 4.69) is 15.6 Å². The van der Waals surface area contributed by atoms with Gasteiger partial charge in [-0.25, -0.2) is 4.98 Å². The predicted molar refractivity (Wildman–Crippen MR) is 67.2 cm³/mol. The number of hydrogen-bond donors (Lipinski definition) is 3. The molecule has 1 fully saturated rings. The average Bonchev–Trinajstić information content (AvgIpc) is 2.78. The van der Waals surface area contributed by atoms with Gasteiger partial charge in [-0.3, -0.25) is 9.59 Å². The van der Waals surface area contributed by atoms with E-state index in [1.54, 1.807) is 6.92 Å². The Morgan fingerprint density at radius 1 is 1.63 bits per heavy atom. The van der Waals surface area contributed by atoms with Crippen LogP contribution in [0.1, 0.15) is 48.6 Å². The highest BCUT2D eigenvalue weighted by molar-refractivity contribution is 5.95. The first-order valence-electron chi connectivity index (χ1n) is 6.37. The first kappa shape index (κ1) is 13.5. The van der Waals surface area contributed by atoms with Gasteiger partial charge in [-0.2, -0.15) is 0 Å². The van der Waals surface area contributed by atoms with Crippen LogP contribution < -0.4 is 16.4 Å². The number of oxazole rings is 1. The summed E-state index contributed by atoms with van der Waals surface area (Å²) in [5.74, 6) is -0.269. The van der Waals surface area contributed by atoms with Crippen LogP contribution in [0.25, 0.3) is 0 Å². The van der Waals surface area contributed by atoms with Crippen molar-refractivity contribution in [2.24, 2.45) is 5.73 Å². The molecule has 2 heterocycles. The van der Waals surface area contributed by atoms with E-state index in [0.29, 0.717) is 18.9 Å². The van der Waals surface area contributed by atoms with Crippen molar-refractivity contribution in [1.29, 1.82) is 0 Å². The van der Waals surface area contributed by atoms with Gasteiger partial charge in [-0.15, -0.1) is 0 Å². The lowest BCUT2D eigenvalue weighted by atomic mass is 10.1. The molecule has 0 radical (unpaired) electrons. The fourth-order valence-corrected chi connectivity index (χ4v) is 1.91. The smallest absolute Gasteiger partial charge is 0.273 e. The minimum absolute atomic E-state index is 0.143. The van der Waals surface area contributed by atoms with Crippen LogP contribution in [0.2, 0.25) is 0 Å². The third-order valence-electron chi connectivity index (χ3n) is 2.98. The SMILES string of the molecule is CC(N)c1nc(C(=O)NC2CCCCNC2=O)co1. The Hall–Kier alpha value is -1.89. The number of hydrogen-bond acceptors (Lipinski definition) is 5. The summed E-state index contributed by atoms with van der Waals surface area (Å²) in [6, 6.07) is -0.881. The van der Waals surface area contributed by atoms with Gasteiger partial charge in [0.2, 0.25) is 11.8 Å². The van der Waals surface area contributed by atoms with Crippen LogP contribution in [0.3, 0.4) is 0 Å². The molecule has 2 atom stereocenters. The fourth-order valence-electron chi connectivity index (χ4n) is 1.91. The molecule has 7 nitrogen and oxygen atoms in total. The summed E-state index contributed by atoms with van der Waals surface area (Å²) < 4.78 is 5.09. The zero-order valence-electron chi connectivity index (χ0n) is 10.8. The summed E-state index contributed by atoms with van der Waals surface area (Å²) in [5, 5.41) is 5.42. The molecule has 2 amide bonds. The van der Waals surface area contributed by atoms with E-state index >= 15 is 0 Å². The molecule has 0 aliphatic carbocycles. The number of amides is 2. The second-order valence-corrected chi connectivity index (χ2v) is 4.67. The molecule has 1 aromatic heterocycles. The predicted octanol–water partition coefficient (Wildman–Crippen LogP) is 0.0928. The van der Waals surface area contributed by atoms with Gasteiger partial charge >= 0.3 is 0 Å². The van der Waals surface area contributed by atoms with E-state index in [0.717, 1.165) is 12.8 Å². The monoisotopic (exact) mass is 266 g/mol. The molecular weight excluding hydrogens is 248 g/mol. The van der Waals surface area contributed by atoms with Crippen molar-refractivity contribution < 1.29 is 14.0 Å². The van der Waals surface area contributed by atoms with Crippen LogP contribution in [0.5, 0.6) is 0 Å². The number of aromatic nitrogens is 1. The lowest BCUT2D eigenvalue weighted by Crippen LogP contribution is -2.45. The van der Waals surface area contributed by atoms with Crippen LogP contribution in [0, 0.1) is 0 Å². The molecule has 7 heteroatoms. The summed E-state index contributed by atoms with van der Waals surface area (Å²) in [6.07, 6.45) is 3.71. The molecule has 1 saturated heterocycles. The molecular formula is C12H18N4O3. The summed E-state index contributed by atoms with van der Waals surface area (Å²) in [6.45, 7) is 2.37. The summed E-state index contributed by atoms with van der Waals surface area (Å²) in [4.78, 5) is 27.6. The van der Waals surface area contributed by atoms with E-state index < -0.39 is 11.9 Å². The van der Waals surface area contributed by atoms with Gasteiger partial charge in [0, 0.05) is 6.54 Å². The number of nitrogens with two attached hydrogens (primary N) is 1. The quantitative estimate of drug-likeness (QED) is 0.718. The number of carbonyl (C=O) groups is 2. The van der Waals surface area contributed by atoms with Crippen LogP contribution >= 0.6 is 0 Å². The lowest BCUT2D eigenvalue weighted by Gasteiger charge is -2.13. The Balaban J connectivity index is 2.00. The molecule has 1 aromatic rings. The van der Waals surface area contributed by atoms with Gasteiger partial charge in [-0.05, 0) is 26.2 Å². The summed E-state index contributed by atoms with van der Waals surface area (Å²) >= 11 is 0. The standard InChI is InChI=1S/C12H18N4O3/c1-7(13)12-16-9(6-19-12)11(18)15-8-4-2-3-5-14-10(8)17/h6-8H,2-5,13H2,1H3,(H,14,17)(H,15,18). The van der Waals surface area contributed by atoms with E-state index in [1.165, 1.54) is 6.26 Å². The molecule has 0 bridgehead atoms. The van der Waals surface area contributed by atoms with Crippen molar-refractivity contribution >= 4 is 11.8 Å². The zero-order valence-corrected chi connectivity index (χ0v) is 10.8. The van der Waals surface area contributed by atoms with E-state index in [4.69, 9.17) is 10.2 Å². The van der Waals surface area contributed by atoms with Gasteiger partial charge < -0.3 is 20.8 Å². The molecule has 19 heavy (non-hydrogen) atoms. The maximum Gasteiger partial charge on any atom is 0.273 e. The highest BCUT2D eigenvalue weighted by Gasteiger charge is 2.24. The van der Waals surface area contributed by atoms with E-state index in [1.807, 2.05) is 0 Å². The Kier molecular flexibility index (Phi) is 4.16. The highest BCUT2D eigenvalue weighted by Crippen LogP contribution is 2.10. The number of carbonyl (C=O) groups excluding carboxylic acids is 2. The first-order chi connectivity index (χ1) is 9.08. The normalized spacial score (nSPS) is 21.4. The minimum atomic E-state index is -0.509. The molecule has 0 saturated carbocycles. The van der Waals surface area contributed by atoms with Crippen molar-refractivity contribution in [2.45, 2.75) is 38.3 Å². The summed E-state index contributed by atoms with van der Waals surface area (Å²) in [5.41, 5.74) is 5.75. The number of nitrogens with zero attached hydrogens (tertiary/aromatic N) is 1. The Bertz CT molecular complexity index is 469. The van der Waals surface area contributed by atoms with Crippen LogP contribution in [-0.4, -0.2) is 29.4 Å². The van der Waals surface area contributed by atoms with Crippen LogP contribution in [-0.2, 0) is 4.79 Å². The van der Waals surface area contributed by atoms with Gasteiger partial charge in [0.15, 0.2) is 5.69 Å². The molecule has 0 spiro atoms. The van der Waals surface area contributed by atoms with Crippen LogP contribution in [0.15, 0.2) is 10.7 Å². The summed E-state index contributed by atoms with van der Waals surface area (Å²) in [7, 11) is 0. The molecule has 1 aliphatic rings. The number of nitrogens with one attached hydrogen (secondary N) is 2. The second-order valence-electron chi connectivity index (χ2n) is 4.67. The van der Waals surface area contributed by atoms with Gasteiger partial charge in [0.25, 0.3) is 5.91 Å². The highest BCUT2D eigenvalue weighted by atomic mass is 16.3. The maximum absolute atomic E-state index is 12.0.